The predicted molar refractivity (Wildman–Crippen MR) is 61.3 cm³/mol. The molecule has 10 heteroatoms. The molecule has 1 aromatic rings. The maximum atomic E-state index is 13.4. The van der Waals surface area contributed by atoms with Gasteiger partial charge in [0, 0.05) is 17.1 Å². The van der Waals surface area contributed by atoms with E-state index in [0.29, 0.717) is 12.1 Å². The van der Waals surface area contributed by atoms with E-state index in [1.54, 1.807) is 4.72 Å². The van der Waals surface area contributed by atoms with E-state index in [2.05, 4.69) is 15.9 Å². The van der Waals surface area contributed by atoms with Crippen LogP contribution in [-0.4, -0.2) is 32.6 Å². The van der Waals surface area contributed by atoms with Gasteiger partial charge in [0.2, 0.25) is 10.0 Å². The number of hydrogen-bond donors (Lipinski definition) is 2. The molecule has 0 spiro atoms. The van der Waals surface area contributed by atoms with Crippen molar-refractivity contribution in [2.45, 2.75) is 17.4 Å². The highest BCUT2D eigenvalue weighted by atomic mass is 79.9. The van der Waals surface area contributed by atoms with Gasteiger partial charge in [-0.25, -0.2) is 30.7 Å². The van der Waals surface area contributed by atoms with Crippen LogP contribution in [0.2, 0.25) is 0 Å². The molecule has 1 rings (SSSR count). The lowest BCUT2D eigenvalue weighted by Gasteiger charge is -2.12. The van der Waals surface area contributed by atoms with Gasteiger partial charge in [-0.2, -0.15) is 0 Å². The van der Waals surface area contributed by atoms with Gasteiger partial charge in [-0.1, -0.05) is 0 Å². The molecule has 0 amide bonds. The fourth-order valence-electron chi connectivity index (χ4n) is 1.14. The minimum atomic E-state index is -4.50. The van der Waals surface area contributed by atoms with Crippen molar-refractivity contribution in [1.82, 2.24) is 4.72 Å². The van der Waals surface area contributed by atoms with Gasteiger partial charge >= 0.3 is 0 Å². The van der Waals surface area contributed by atoms with Gasteiger partial charge in [0.05, 0.1) is 0 Å². The second-order valence-corrected chi connectivity index (χ2v) is 6.01. The maximum absolute atomic E-state index is 13.4. The van der Waals surface area contributed by atoms with Crippen LogP contribution in [-0.2, 0) is 10.0 Å². The van der Waals surface area contributed by atoms with Crippen molar-refractivity contribution in [1.29, 1.82) is 0 Å². The third kappa shape index (κ3) is 4.13. The molecule has 0 bridgehead atoms. The van der Waals surface area contributed by atoms with Crippen LogP contribution in [0, 0.1) is 11.6 Å². The molecular weight excluding hydrogens is 358 g/mol. The van der Waals surface area contributed by atoms with Crippen molar-refractivity contribution in [3.05, 3.63) is 28.2 Å². The number of halogens is 5. The van der Waals surface area contributed by atoms with Crippen LogP contribution in [0.15, 0.2) is 21.5 Å². The molecule has 108 valence electrons. The van der Waals surface area contributed by atoms with E-state index in [9.17, 15) is 26.0 Å². The molecule has 0 radical (unpaired) electrons. The molecule has 0 heterocycles. The highest BCUT2D eigenvalue weighted by Crippen LogP contribution is 2.26. The summed E-state index contributed by atoms with van der Waals surface area (Å²) >= 11 is 2.66. The summed E-state index contributed by atoms with van der Waals surface area (Å²) < 4.78 is 74.7. The fraction of sp³-hybridized carbons (Fsp3) is 0.333. The second-order valence-electron chi connectivity index (χ2n) is 3.45. The quantitative estimate of drug-likeness (QED) is 0.779. The number of rotatable bonds is 5. The van der Waals surface area contributed by atoms with E-state index in [1.165, 1.54) is 0 Å². The standard InChI is InChI=1S/C9H8BrF4NO3S/c10-5-1-4(11)2-6(12)8(5)19(17,18)15-3-7(16)9(13)14/h1-2,7,9,15-16H,3H2. The molecule has 0 saturated heterocycles. The summed E-state index contributed by atoms with van der Waals surface area (Å²) in [7, 11) is -4.50. The van der Waals surface area contributed by atoms with Crippen molar-refractivity contribution < 1.29 is 31.1 Å². The van der Waals surface area contributed by atoms with E-state index in [0.717, 1.165) is 0 Å². The number of aliphatic hydroxyl groups is 1. The first-order valence-electron chi connectivity index (χ1n) is 4.75. The van der Waals surface area contributed by atoms with Crippen molar-refractivity contribution in [3.63, 3.8) is 0 Å². The lowest BCUT2D eigenvalue weighted by atomic mass is 10.3. The SMILES string of the molecule is O=S(=O)(NCC(O)C(F)F)c1c(F)cc(F)cc1Br. The Morgan fingerprint density at radius 2 is 1.89 bits per heavy atom. The van der Waals surface area contributed by atoms with E-state index >= 15 is 0 Å². The zero-order valence-corrected chi connectivity index (χ0v) is 11.5. The number of sulfonamides is 1. The van der Waals surface area contributed by atoms with Crippen LogP contribution in [0.25, 0.3) is 0 Å². The first-order valence-corrected chi connectivity index (χ1v) is 7.03. The molecule has 0 aliphatic rings. The maximum Gasteiger partial charge on any atom is 0.265 e. The van der Waals surface area contributed by atoms with E-state index in [-0.39, 0.29) is 0 Å². The molecular formula is C9H8BrF4NO3S. The Morgan fingerprint density at radius 1 is 1.32 bits per heavy atom. The summed E-state index contributed by atoms with van der Waals surface area (Å²) in [5, 5.41) is 8.78. The monoisotopic (exact) mass is 365 g/mol. The molecule has 1 unspecified atom stereocenters. The molecule has 0 aliphatic heterocycles. The predicted octanol–water partition coefficient (Wildman–Crippen LogP) is 1.63. The average Bonchev–Trinajstić information content (AvgIpc) is 2.23. The molecule has 2 N–H and O–H groups in total. The summed E-state index contributed by atoms with van der Waals surface area (Å²) in [5.74, 6) is -2.39. The third-order valence-electron chi connectivity index (χ3n) is 2.01. The first kappa shape index (κ1) is 16.3. The zero-order valence-electron chi connectivity index (χ0n) is 9.08. The van der Waals surface area contributed by atoms with Crippen molar-refractivity contribution in [2.75, 3.05) is 6.54 Å². The Bertz CT molecular complexity index is 544. The minimum Gasteiger partial charge on any atom is -0.386 e. The number of benzene rings is 1. The highest BCUT2D eigenvalue weighted by Gasteiger charge is 2.26. The number of hydrogen-bond acceptors (Lipinski definition) is 3. The average molecular weight is 366 g/mol. The Balaban J connectivity index is 3.02. The lowest BCUT2D eigenvalue weighted by molar-refractivity contribution is -0.000457. The normalized spacial score (nSPS) is 13.8. The molecule has 4 nitrogen and oxygen atoms in total. The molecule has 0 aromatic heterocycles. The van der Waals surface area contributed by atoms with E-state index in [4.69, 9.17) is 5.11 Å². The van der Waals surface area contributed by atoms with Gasteiger partial charge in [-0.05, 0) is 22.0 Å². The van der Waals surface area contributed by atoms with Crippen molar-refractivity contribution >= 4 is 26.0 Å². The van der Waals surface area contributed by atoms with Gasteiger partial charge in [-0.3, -0.25) is 0 Å². The lowest BCUT2D eigenvalue weighted by Crippen LogP contribution is -2.36. The van der Waals surface area contributed by atoms with Gasteiger partial charge in [-0.15, -0.1) is 0 Å². The highest BCUT2D eigenvalue weighted by molar-refractivity contribution is 9.10. The van der Waals surface area contributed by atoms with Crippen LogP contribution >= 0.6 is 15.9 Å². The molecule has 0 fully saturated rings. The number of alkyl halides is 2. The Labute approximate surface area is 114 Å². The Kier molecular flexibility index (Phi) is 5.30. The Hall–Kier alpha value is -0.710. The molecule has 0 aliphatic carbocycles. The summed E-state index contributed by atoms with van der Waals surface area (Å²) in [5.41, 5.74) is 0. The number of aliphatic hydroxyl groups excluding tert-OH is 1. The smallest absolute Gasteiger partial charge is 0.265 e. The zero-order chi connectivity index (χ0) is 14.8. The summed E-state index contributed by atoms with van der Waals surface area (Å²) in [4.78, 5) is -0.921. The van der Waals surface area contributed by atoms with Crippen molar-refractivity contribution in [3.8, 4) is 0 Å². The second kappa shape index (κ2) is 6.16. The molecule has 0 saturated carbocycles. The summed E-state index contributed by atoms with van der Waals surface area (Å²) in [6.45, 7) is -0.997. The van der Waals surface area contributed by atoms with Gasteiger partial charge < -0.3 is 5.11 Å². The summed E-state index contributed by atoms with van der Waals surface area (Å²) in [6, 6.07) is 1.05. The molecule has 1 atom stereocenters. The van der Waals surface area contributed by atoms with Crippen LogP contribution in [0.4, 0.5) is 17.6 Å². The van der Waals surface area contributed by atoms with Crippen LogP contribution in [0.5, 0.6) is 0 Å². The minimum absolute atomic E-state index is 0.336. The van der Waals surface area contributed by atoms with E-state index < -0.39 is 50.1 Å². The first-order chi connectivity index (χ1) is 8.65. The largest absolute Gasteiger partial charge is 0.386 e. The van der Waals surface area contributed by atoms with Gasteiger partial charge in [0.1, 0.15) is 22.6 Å². The van der Waals surface area contributed by atoms with Crippen LogP contribution in [0.3, 0.4) is 0 Å². The van der Waals surface area contributed by atoms with E-state index in [1.807, 2.05) is 0 Å². The van der Waals surface area contributed by atoms with Gasteiger partial charge in [0.25, 0.3) is 6.43 Å². The van der Waals surface area contributed by atoms with Crippen LogP contribution < -0.4 is 4.72 Å². The molecule has 1 aromatic carbocycles. The van der Waals surface area contributed by atoms with Crippen LogP contribution in [0.1, 0.15) is 0 Å². The Morgan fingerprint density at radius 3 is 2.37 bits per heavy atom. The number of nitrogens with one attached hydrogen (secondary N) is 1. The fourth-order valence-corrected chi connectivity index (χ4v) is 3.36. The third-order valence-corrected chi connectivity index (χ3v) is 4.39. The topological polar surface area (TPSA) is 66.4 Å². The summed E-state index contributed by atoms with van der Waals surface area (Å²) in [6.07, 6.45) is -5.37. The molecule has 19 heavy (non-hydrogen) atoms. The van der Waals surface area contributed by atoms with Crippen molar-refractivity contribution in [2.24, 2.45) is 0 Å². The van der Waals surface area contributed by atoms with Gasteiger partial charge in [0.15, 0.2) is 0 Å².